The number of primary sulfonamides is 1. The number of carbonyl (C=O) groups is 1. The Hall–Kier alpha value is -1.34. The first-order chi connectivity index (χ1) is 8.43. The lowest BCUT2D eigenvalue weighted by Gasteiger charge is -2.06. The summed E-state index contributed by atoms with van der Waals surface area (Å²) in [5.41, 5.74) is 0.259. The maximum atomic E-state index is 11.8. The van der Waals surface area contributed by atoms with Gasteiger partial charge in [-0.1, -0.05) is 6.92 Å². The number of carbonyl (C=O) groups excluding carboxylic acids is 1. The number of hydrogen-bond acceptors (Lipinski definition) is 4. The largest absolute Gasteiger partial charge is 0.461 e. The molecule has 1 aromatic heterocycles. The summed E-state index contributed by atoms with van der Waals surface area (Å²) < 4.78 is 29.3. The van der Waals surface area contributed by atoms with Gasteiger partial charge in [0, 0.05) is 12.2 Å². The highest BCUT2D eigenvalue weighted by Crippen LogP contribution is 2.37. The second kappa shape index (κ2) is 4.74. The predicted octanol–water partition coefficient (Wildman–Crippen LogP) is 1.04. The zero-order chi connectivity index (χ0) is 13.3. The Bertz CT molecular complexity index is 558. The molecule has 100 valence electrons. The lowest BCUT2D eigenvalue weighted by atomic mass is 10.4. The van der Waals surface area contributed by atoms with Crippen LogP contribution in [0.15, 0.2) is 17.2 Å². The number of sulfonamides is 1. The Kier molecular flexibility index (Phi) is 3.45. The molecule has 1 aliphatic carbocycles. The van der Waals surface area contributed by atoms with Gasteiger partial charge in [-0.2, -0.15) is 0 Å². The van der Waals surface area contributed by atoms with Crippen LogP contribution in [0, 0.1) is 0 Å². The summed E-state index contributed by atoms with van der Waals surface area (Å²) in [6.07, 6.45) is 4.01. The summed E-state index contributed by atoms with van der Waals surface area (Å²) in [5, 5.41) is 5.07. The zero-order valence-corrected chi connectivity index (χ0v) is 10.9. The smallest absolute Gasteiger partial charge is 0.354 e. The minimum Gasteiger partial charge on any atom is -0.461 e. The number of nitrogens with zero attached hydrogens (tertiary/aromatic N) is 1. The summed E-state index contributed by atoms with van der Waals surface area (Å²) >= 11 is 0. The fourth-order valence-corrected chi connectivity index (χ4v) is 2.23. The molecular weight excluding hydrogens is 256 g/mol. The third kappa shape index (κ3) is 2.73. The lowest BCUT2D eigenvalue weighted by Crippen LogP contribution is -2.11. The average Bonchev–Trinajstić information content (AvgIpc) is 3.03. The van der Waals surface area contributed by atoms with Crippen molar-refractivity contribution in [2.75, 3.05) is 6.61 Å². The van der Waals surface area contributed by atoms with Crippen LogP contribution in [0.2, 0.25) is 0 Å². The number of aromatic nitrogens is 1. The van der Waals surface area contributed by atoms with Crippen molar-refractivity contribution in [3.63, 3.8) is 0 Å². The van der Waals surface area contributed by atoms with Gasteiger partial charge >= 0.3 is 5.97 Å². The van der Waals surface area contributed by atoms with E-state index in [2.05, 4.69) is 0 Å². The summed E-state index contributed by atoms with van der Waals surface area (Å²) in [4.78, 5) is 11.8. The molecule has 0 bridgehead atoms. The third-order valence-electron chi connectivity index (χ3n) is 2.74. The quantitative estimate of drug-likeness (QED) is 0.811. The number of ether oxygens (including phenoxy) is 1. The van der Waals surface area contributed by atoms with Crippen LogP contribution in [-0.4, -0.2) is 25.6 Å². The van der Waals surface area contributed by atoms with Gasteiger partial charge in [0.25, 0.3) is 0 Å². The highest BCUT2D eigenvalue weighted by Gasteiger charge is 2.30. The number of nitrogens with two attached hydrogens (primary N) is 1. The Morgan fingerprint density at radius 3 is 2.72 bits per heavy atom. The second-order valence-corrected chi connectivity index (χ2v) is 5.94. The average molecular weight is 272 g/mol. The maximum absolute atomic E-state index is 11.8. The van der Waals surface area contributed by atoms with Crippen LogP contribution in [0.1, 0.15) is 42.7 Å². The molecule has 1 aliphatic rings. The van der Waals surface area contributed by atoms with Gasteiger partial charge < -0.3 is 9.30 Å². The van der Waals surface area contributed by atoms with E-state index in [0.717, 1.165) is 19.3 Å². The lowest BCUT2D eigenvalue weighted by molar-refractivity contribution is 0.0492. The number of rotatable bonds is 5. The standard InChI is InChI=1S/C11H16N2O4S/c1-2-5-17-11(14)10-6-9(18(12,15)16)7-13(10)8-3-4-8/h6-8H,2-5H2,1H3,(H2,12,15,16). The van der Waals surface area contributed by atoms with Crippen molar-refractivity contribution < 1.29 is 17.9 Å². The van der Waals surface area contributed by atoms with E-state index < -0.39 is 16.0 Å². The van der Waals surface area contributed by atoms with E-state index in [1.165, 1.54) is 12.3 Å². The van der Waals surface area contributed by atoms with E-state index >= 15 is 0 Å². The third-order valence-corrected chi connectivity index (χ3v) is 3.62. The van der Waals surface area contributed by atoms with Crippen molar-refractivity contribution in [3.8, 4) is 0 Å². The minimum atomic E-state index is -3.79. The van der Waals surface area contributed by atoms with Crippen LogP contribution in [0.3, 0.4) is 0 Å². The predicted molar refractivity (Wildman–Crippen MR) is 64.6 cm³/mol. The summed E-state index contributed by atoms with van der Waals surface area (Å²) in [6, 6.07) is 1.47. The second-order valence-electron chi connectivity index (χ2n) is 4.38. The van der Waals surface area contributed by atoms with Crippen LogP contribution in [0.25, 0.3) is 0 Å². The van der Waals surface area contributed by atoms with Gasteiger partial charge in [-0.05, 0) is 25.3 Å². The van der Waals surface area contributed by atoms with Gasteiger partial charge in [-0.25, -0.2) is 18.4 Å². The van der Waals surface area contributed by atoms with Crippen molar-refractivity contribution in [2.24, 2.45) is 5.14 Å². The Labute approximate surface area is 106 Å². The van der Waals surface area contributed by atoms with Crippen molar-refractivity contribution in [3.05, 3.63) is 18.0 Å². The normalized spacial score (nSPS) is 15.7. The van der Waals surface area contributed by atoms with Crippen LogP contribution >= 0.6 is 0 Å². The van der Waals surface area contributed by atoms with Crippen LogP contribution in [0.5, 0.6) is 0 Å². The molecule has 0 spiro atoms. The van der Waals surface area contributed by atoms with Crippen molar-refractivity contribution >= 4 is 16.0 Å². The van der Waals surface area contributed by atoms with Gasteiger partial charge in [0.1, 0.15) is 10.6 Å². The molecule has 6 nitrogen and oxygen atoms in total. The van der Waals surface area contributed by atoms with E-state index in [9.17, 15) is 13.2 Å². The fourth-order valence-electron chi connectivity index (χ4n) is 1.70. The summed E-state index contributed by atoms with van der Waals surface area (Å²) in [5.74, 6) is -0.501. The Morgan fingerprint density at radius 1 is 1.56 bits per heavy atom. The van der Waals surface area contributed by atoms with E-state index in [-0.39, 0.29) is 16.6 Å². The minimum absolute atomic E-state index is 0.0437. The molecule has 2 rings (SSSR count). The molecule has 0 atom stereocenters. The van der Waals surface area contributed by atoms with E-state index in [0.29, 0.717) is 6.61 Å². The molecule has 1 heterocycles. The van der Waals surface area contributed by atoms with Crippen LogP contribution in [-0.2, 0) is 14.8 Å². The molecule has 1 aromatic rings. The molecule has 0 aromatic carbocycles. The van der Waals surface area contributed by atoms with E-state index in [1.807, 2.05) is 6.92 Å². The highest BCUT2D eigenvalue weighted by atomic mass is 32.2. The number of esters is 1. The van der Waals surface area contributed by atoms with Crippen LogP contribution in [0.4, 0.5) is 0 Å². The van der Waals surface area contributed by atoms with Gasteiger partial charge in [-0.15, -0.1) is 0 Å². The number of hydrogen-bond donors (Lipinski definition) is 1. The first-order valence-corrected chi connectivity index (χ1v) is 7.40. The van der Waals surface area contributed by atoms with E-state index in [4.69, 9.17) is 9.88 Å². The summed E-state index contributed by atoms with van der Waals surface area (Å²) in [7, 11) is -3.79. The topological polar surface area (TPSA) is 91.4 Å². The zero-order valence-electron chi connectivity index (χ0n) is 10.1. The van der Waals surface area contributed by atoms with Crippen molar-refractivity contribution in [1.82, 2.24) is 4.57 Å². The molecule has 0 saturated heterocycles. The molecule has 0 aliphatic heterocycles. The monoisotopic (exact) mass is 272 g/mol. The highest BCUT2D eigenvalue weighted by molar-refractivity contribution is 7.89. The molecule has 7 heteroatoms. The SMILES string of the molecule is CCCOC(=O)c1cc(S(N)(=O)=O)cn1C1CC1. The molecule has 1 saturated carbocycles. The molecule has 2 N–H and O–H groups in total. The van der Waals surface area contributed by atoms with Gasteiger partial charge in [0.05, 0.1) is 6.61 Å². The first-order valence-electron chi connectivity index (χ1n) is 5.85. The molecule has 0 unspecified atom stereocenters. The van der Waals surface area contributed by atoms with Gasteiger partial charge in [-0.3, -0.25) is 0 Å². The molecular formula is C11H16N2O4S. The van der Waals surface area contributed by atoms with Gasteiger partial charge in [0.15, 0.2) is 0 Å². The van der Waals surface area contributed by atoms with Gasteiger partial charge in [0.2, 0.25) is 10.0 Å². The molecule has 0 radical (unpaired) electrons. The molecule has 1 fully saturated rings. The van der Waals surface area contributed by atoms with Crippen LogP contribution < -0.4 is 5.14 Å². The molecule has 0 amide bonds. The first kappa shape index (κ1) is 13.1. The van der Waals surface area contributed by atoms with Crippen molar-refractivity contribution in [1.29, 1.82) is 0 Å². The molecule has 18 heavy (non-hydrogen) atoms. The summed E-state index contributed by atoms with van der Waals surface area (Å²) in [6.45, 7) is 2.21. The van der Waals surface area contributed by atoms with Crippen molar-refractivity contribution in [2.45, 2.75) is 37.1 Å². The Balaban J connectivity index is 2.33. The maximum Gasteiger partial charge on any atom is 0.354 e. The Morgan fingerprint density at radius 2 is 2.22 bits per heavy atom. The fraction of sp³-hybridized carbons (Fsp3) is 0.545. The van der Waals surface area contributed by atoms with E-state index in [1.54, 1.807) is 4.57 Å².